The largest absolute Gasteiger partial charge is 0.351 e. The molecule has 138 valence electrons. The van der Waals surface area contributed by atoms with Crippen LogP contribution >= 0.6 is 23.1 Å². The predicted octanol–water partition coefficient (Wildman–Crippen LogP) is 3.59. The van der Waals surface area contributed by atoms with E-state index in [4.69, 9.17) is 0 Å². The molecule has 0 unspecified atom stereocenters. The second-order valence-electron chi connectivity index (χ2n) is 5.56. The van der Waals surface area contributed by atoms with Crippen molar-refractivity contribution >= 4 is 40.6 Å². The molecular weight excluding hydrogens is 380 g/mol. The van der Waals surface area contributed by atoms with Crippen molar-refractivity contribution in [2.45, 2.75) is 17.1 Å². The molecule has 2 N–H and O–H groups in total. The smallest absolute Gasteiger partial charge is 0.252 e. The zero-order chi connectivity index (χ0) is 18.9. The van der Waals surface area contributed by atoms with E-state index in [9.17, 15) is 9.59 Å². The third-order valence-electron chi connectivity index (χ3n) is 3.57. The molecule has 0 saturated carbocycles. The summed E-state index contributed by atoms with van der Waals surface area (Å²) >= 11 is 3.13. The number of aromatic nitrogens is 2. The molecule has 0 radical (unpaired) electrons. The molecule has 3 aromatic rings. The van der Waals surface area contributed by atoms with E-state index < -0.39 is 0 Å². The fourth-order valence-corrected chi connectivity index (χ4v) is 3.90. The molecule has 0 bridgehead atoms. The highest BCUT2D eigenvalue weighted by Gasteiger charge is 2.12. The van der Waals surface area contributed by atoms with Crippen molar-refractivity contribution in [2.75, 3.05) is 11.9 Å². The molecule has 3 rings (SSSR count). The standard InChI is InChI=1S/C19H18N4O2S2/c24-18(23-14-4-3-8-20-10-14)7-9-21-19(25)16-5-1-2-6-17(16)27-12-15-11-26-13-22-15/h1-6,8,10-11,13H,7,9,12H2,(H,21,25)(H,23,24). The van der Waals surface area contributed by atoms with Gasteiger partial charge in [-0.15, -0.1) is 23.1 Å². The van der Waals surface area contributed by atoms with E-state index in [-0.39, 0.29) is 24.8 Å². The number of carbonyl (C=O) groups is 2. The fourth-order valence-electron chi connectivity index (χ4n) is 2.29. The van der Waals surface area contributed by atoms with Crippen molar-refractivity contribution in [1.82, 2.24) is 15.3 Å². The minimum Gasteiger partial charge on any atom is -0.351 e. The second kappa shape index (κ2) is 9.84. The summed E-state index contributed by atoms with van der Waals surface area (Å²) in [5.74, 6) is 0.349. The third-order valence-corrected chi connectivity index (χ3v) is 5.32. The predicted molar refractivity (Wildman–Crippen MR) is 108 cm³/mol. The SMILES string of the molecule is O=C(CCNC(=O)c1ccccc1SCc1cscn1)Nc1cccnc1. The first kappa shape index (κ1) is 19.1. The third kappa shape index (κ3) is 5.90. The number of thiazole rings is 1. The van der Waals surface area contributed by atoms with E-state index in [1.54, 1.807) is 59.2 Å². The van der Waals surface area contributed by atoms with E-state index in [2.05, 4.69) is 20.6 Å². The lowest BCUT2D eigenvalue weighted by atomic mass is 10.2. The minimum absolute atomic E-state index is 0.172. The normalized spacial score (nSPS) is 10.4. The Morgan fingerprint density at radius 3 is 2.81 bits per heavy atom. The molecule has 0 aliphatic rings. The molecule has 1 aromatic carbocycles. The van der Waals surface area contributed by atoms with Crippen LogP contribution in [0, 0.1) is 0 Å². The van der Waals surface area contributed by atoms with Crippen LogP contribution in [0.15, 0.2) is 64.6 Å². The van der Waals surface area contributed by atoms with Gasteiger partial charge in [-0.3, -0.25) is 14.6 Å². The van der Waals surface area contributed by atoms with Crippen LogP contribution in [-0.2, 0) is 10.5 Å². The Labute approximate surface area is 165 Å². The number of rotatable bonds is 8. The maximum atomic E-state index is 12.5. The van der Waals surface area contributed by atoms with Crippen LogP contribution in [0.5, 0.6) is 0 Å². The van der Waals surface area contributed by atoms with Gasteiger partial charge in [-0.25, -0.2) is 4.98 Å². The first-order valence-corrected chi connectivity index (χ1v) is 10.2. The molecule has 8 heteroatoms. The summed E-state index contributed by atoms with van der Waals surface area (Å²) in [5, 5.41) is 7.54. The Balaban J connectivity index is 1.49. The summed E-state index contributed by atoms with van der Waals surface area (Å²) in [6.45, 7) is 0.260. The van der Waals surface area contributed by atoms with Crippen LogP contribution in [0.1, 0.15) is 22.5 Å². The van der Waals surface area contributed by atoms with Gasteiger partial charge in [-0.2, -0.15) is 0 Å². The summed E-state index contributed by atoms with van der Waals surface area (Å²) in [6, 6.07) is 10.9. The van der Waals surface area contributed by atoms with Crippen molar-refractivity contribution in [1.29, 1.82) is 0 Å². The molecule has 2 aromatic heterocycles. The van der Waals surface area contributed by atoms with Crippen LogP contribution in [-0.4, -0.2) is 28.3 Å². The van der Waals surface area contributed by atoms with E-state index in [0.717, 1.165) is 10.6 Å². The average molecular weight is 399 g/mol. The van der Waals surface area contributed by atoms with E-state index >= 15 is 0 Å². The number of hydrogen-bond donors (Lipinski definition) is 2. The Morgan fingerprint density at radius 2 is 2.04 bits per heavy atom. The number of thioether (sulfide) groups is 1. The second-order valence-corrected chi connectivity index (χ2v) is 7.30. The van der Waals surface area contributed by atoms with Crippen molar-refractivity contribution in [2.24, 2.45) is 0 Å². The van der Waals surface area contributed by atoms with Gasteiger partial charge in [0.15, 0.2) is 0 Å². The first-order valence-electron chi connectivity index (χ1n) is 8.29. The number of amides is 2. The summed E-state index contributed by atoms with van der Waals surface area (Å²) in [6.07, 6.45) is 3.40. The van der Waals surface area contributed by atoms with E-state index in [0.29, 0.717) is 17.0 Å². The Kier molecular flexibility index (Phi) is 6.95. The number of hydrogen-bond acceptors (Lipinski definition) is 6. The van der Waals surface area contributed by atoms with Gasteiger partial charge in [-0.05, 0) is 24.3 Å². The molecule has 0 aliphatic heterocycles. The maximum absolute atomic E-state index is 12.5. The number of nitrogens with zero attached hydrogens (tertiary/aromatic N) is 2. The molecule has 6 nitrogen and oxygen atoms in total. The molecular formula is C19H18N4O2S2. The lowest BCUT2D eigenvalue weighted by Gasteiger charge is -2.10. The van der Waals surface area contributed by atoms with Gasteiger partial charge in [0.25, 0.3) is 5.91 Å². The number of nitrogens with one attached hydrogen (secondary N) is 2. The first-order chi connectivity index (χ1) is 13.2. The highest BCUT2D eigenvalue weighted by Crippen LogP contribution is 2.26. The molecule has 0 atom stereocenters. The monoisotopic (exact) mass is 398 g/mol. The van der Waals surface area contributed by atoms with Gasteiger partial charge in [0.1, 0.15) is 0 Å². The number of benzene rings is 1. The maximum Gasteiger partial charge on any atom is 0.252 e. The van der Waals surface area contributed by atoms with Crippen LogP contribution in [0.2, 0.25) is 0 Å². The van der Waals surface area contributed by atoms with E-state index in [1.807, 2.05) is 23.6 Å². The molecule has 0 spiro atoms. The number of anilines is 1. The van der Waals surface area contributed by atoms with Crippen LogP contribution in [0.25, 0.3) is 0 Å². The highest BCUT2D eigenvalue weighted by atomic mass is 32.2. The van der Waals surface area contributed by atoms with Crippen molar-refractivity contribution < 1.29 is 9.59 Å². The Morgan fingerprint density at radius 1 is 1.15 bits per heavy atom. The van der Waals surface area contributed by atoms with Crippen molar-refractivity contribution in [3.63, 3.8) is 0 Å². The minimum atomic E-state index is -0.189. The van der Waals surface area contributed by atoms with Gasteiger partial charge >= 0.3 is 0 Å². The van der Waals surface area contributed by atoms with Gasteiger partial charge < -0.3 is 10.6 Å². The molecule has 0 fully saturated rings. The molecule has 2 amide bonds. The zero-order valence-corrected chi connectivity index (χ0v) is 16.1. The lowest BCUT2D eigenvalue weighted by molar-refractivity contribution is -0.116. The fraction of sp³-hybridized carbons (Fsp3) is 0.158. The molecule has 0 saturated heterocycles. The Hall–Kier alpha value is -2.71. The van der Waals surface area contributed by atoms with Crippen molar-refractivity contribution in [3.8, 4) is 0 Å². The van der Waals surface area contributed by atoms with Crippen LogP contribution in [0.4, 0.5) is 5.69 Å². The van der Waals surface area contributed by atoms with Gasteiger partial charge in [0, 0.05) is 35.2 Å². The van der Waals surface area contributed by atoms with Gasteiger partial charge in [-0.1, -0.05) is 12.1 Å². The topological polar surface area (TPSA) is 84.0 Å². The average Bonchev–Trinajstić information content (AvgIpc) is 3.21. The molecule has 27 heavy (non-hydrogen) atoms. The van der Waals surface area contributed by atoms with E-state index in [1.165, 1.54) is 0 Å². The van der Waals surface area contributed by atoms with Gasteiger partial charge in [0.2, 0.25) is 5.91 Å². The van der Waals surface area contributed by atoms with Gasteiger partial charge in [0.05, 0.1) is 28.7 Å². The Bertz CT molecular complexity index is 886. The molecule has 2 heterocycles. The summed E-state index contributed by atoms with van der Waals surface area (Å²) in [7, 11) is 0. The number of pyridine rings is 1. The number of carbonyl (C=O) groups excluding carboxylic acids is 2. The van der Waals surface area contributed by atoms with Crippen molar-refractivity contribution in [3.05, 3.63) is 70.9 Å². The quantitative estimate of drug-likeness (QED) is 0.567. The van der Waals surface area contributed by atoms with Crippen LogP contribution in [0.3, 0.4) is 0 Å². The highest BCUT2D eigenvalue weighted by molar-refractivity contribution is 7.98. The zero-order valence-electron chi connectivity index (χ0n) is 14.4. The summed E-state index contributed by atoms with van der Waals surface area (Å²) < 4.78 is 0. The lowest BCUT2D eigenvalue weighted by Crippen LogP contribution is -2.28. The van der Waals surface area contributed by atoms with Crippen LogP contribution < -0.4 is 10.6 Å². The summed E-state index contributed by atoms with van der Waals surface area (Å²) in [5.41, 5.74) is 4.03. The summed E-state index contributed by atoms with van der Waals surface area (Å²) in [4.78, 5) is 33.5. The molecule has 0 aliphatic carbocycles.